The average Bonchev–Trinajstić information content (AvgIpc) is 2.61. The Morgan fingerprint density at radius 3 is 2.58 bits per heavy atom. The van der Waals surface area contributed by atoms with Crippen molar-refractivity contribution in [1.29, 1.82) is 0 Å². The Labute approximate surface area is 154 Å². The van der Waals surface area contributed by atoms with Crippen LogP contribution in [0.1, 0.15) is 18.0 Å². The van der Waals surface area contributed by atoms with Crippen LogP contribution in [0, 0.1) is 11.6 Å². The SMILES string of the molecule is CN(C)C(CN=C(N)NCCCN1CCOCC1)c1c(F)cccc1F. The van der Waals surface area contributed by atoms with Crippen LogP contribution >= 0.6 is 0 Å². The van der Waals surface area contributed by atoms with Crippen LogP contribution in [0.15, 0.2) is 23.2 Å². The topological polar surface area (TPSA) is 66.1 Å². The van der Waals surface area contributed by atoms with Crippen LogP contribution in [0.2, 0.25) is 0 Å². The highest BCUT2D eigenvalue weighted by Crippen LogP contribution is 2.24. The molecule has 0 spiro atoms. The van der Waals surface area contributed by atoms with Gasteiger partial charge in [0.25, 0.3) is 0 Å². The minimum Gasteiger partial charge on any atom is -0.379 e. The molecule has 1 unspecified atom stereocenters. The first-order valence-corrected chi connectivity index (χ1v) is 8.93. The van der Waals surface area contributed by atoms with Gasteiger partial charge in [-0.15, -0.1) is 0 Å². The molecule has 1 saturated heterocycles. The molecule has 0 radical (unpaired) electrons. The Morgan fingerprint density at radius 1 is 1.31 bits per heavy atom. The van der Waals surface area contributed by atoms with Crippen LogP contribution in [0.4, 0.5) is 8.78 Å². The maximum Gasteiger partial charge on any atom is 0.188 e. The van der Waals surface area contributed by atoms with E-state index >= 15 is 0 Å². The molecule has 0 amide bonds. The summed E-state index contributed by atoms with van der Waals surface area (Å²) < 4.78 is 33.4. The van der Waals surface area contributed by atoms with E-state index in [0.29, 0.717) is 6.54 Å². The lowest BCUT2D eigenvalue weighted by atomic mass is 10.0. The van der Waals surface area contributed by atoms with Gasteiger partial charge >= 0.3 is 0 Å². The summed E-state index contributed by atoms with van der Waals surface area (Å²) in [5.41, 5.74) is 5.91. The number of rotatable bonds is 8. The third-order valence-electron chi connectivity index (χ3n) is 4.45. The van der Waals surface area contributed by atoms with Crippen molar-refractivity contribution in [3.63, 3.8) is 0 Å². The zero-order valence-corrected chi connectivity index (χ0v) is 15.5. The van der Waals surface area contributed by atoms with Crippen molar-refractivity contribution in [2.24, 2.45) is 10.7 Å². The van der Waals surface area contributed by atoms with E-state index in [1.807, 2.05) is 0 Å². The first kappa shape index (κ1) is 20.5. The highest BCUT2D eigenvalue weighted by molar-refractivity contribution is 5.77. The third kappa shape index (κ3) is 6.19. The molecular formula is C18H29F2N5O. The number of nitrogens with one attached hydrogen (secondary N) is 1. The number of hydrogen-bond donors (Lipinski definition) is 2. The lowest BCUT2D eigenvalue weighted by Gasteiger charge is -2.26. The predicted molar refractivity (Wildman–Crippen MR) is 99.2 cm³/mol. The fourth-order valence-electron chi connectivity index (χ4n) is 2.93. The third-order valence-corrected chi connectivity index (χ3v) is 4.45. The highest BCUT2D eigenvalue weighted by atomic mass is 19.1. The molecule has 3 N–H and O–H groups in total. The number of benzene rings is 1. The second-order valence-corrected chi connectivity index (χ2v) is 6.58. The van der Waals surface area contributed by atoms with Crippen LogP contribution < -0.4 is 11.1 Å². The van der Waals surface area contributed by atoms with E-state index in [-0.39, 0.29) is 18.1 Å². The van der Waals surface area contributed by atoms with Crippen LogP contribution in [-0.2, 0) is 4.74 Å². The molecule has 6 nitrogen and oxygen atoms in total. The summed E-state index contributed by atoms with van der Waals surface area (Å²) in [7, 11) is 3.52. The van der Waals surface area contributed by atoms with Gasteiger partial charge in [0.15, 0.2) is 5.96 Å². The number of hydrogen-bond acceptors (Lipinski definition) is 4. The number of aliphatic imine (C=N–C) groups is 1. The number of morpholine rings is 1. The molecule has 1 aliphatic heterocycles. The van der Waals surface area contributed by atoms with Crippen molar-refractivity contribution in [3.05, 3.63) is 35.4 Å². The Bertz CT molecular complexity index is 571. The second kappa shape index (κ2) is 10.4. The van der Waals surface area contributed by atoms with Crippen molar-refractivity contribution >= 4 is 5.96 Å². The number of ether oxygens (including phenoxy) is 1. The largest absolute Gasteiger partial charge is 0.379 e. The standard InChI is InChI=1S/C18H29F2N5O/c1-24(2)16(17-14(19)5-3-6-15(17)20)13-23-18(21)22-7-4-8-25-9-11-26-12-10-25/h3,5-6,16H,4,7-13H2,1-2H3,(H3,21,22,23). The van der Waals surface area contributed by atoms with Crippen LogP contribution in [-0.4, -0.2) is 75.8 Å². The molecule has 1 aromatic carbocycles. The van der Waals surface area contributed by atoms with Gasteiger partial charge in [-0.2, -0.15) is 0 Å². The second-order valence-electron chi connectivity index (χ2n) is 6.58. The lowest BCUT2D eigenvalue weighted by Crippen LogP contribution is -2.39. The molecular weight excluding hydrogens is 340 g/mol. The molecule has 1 atom stereocenters. The van der Waals surface area contributed by atoms with Crippen LogP contribution in [0.3, 0.4) is 0 Å². The normalized spacial score (nSPS) is 17.5. The van der Waals surface area contributed by atoms with Crippen molar-refractivity contribution in [2.45, 2.75) is 12.5 Å². The van der Waals surface area contributed by atoms with E-state index in [1.165, 1.54) is 18.2 Å². The van der Waals surface area contributed by atoms with Crippen molar-refractivity contribution in [3.8, 4) is 0 Å². The van der Waals surface area contributed by atoms with E-state index < -0.39 is 17.7 Å². The molecule has 1 aromatic rings. The Hall–Kier alpha value is -1.77. The Balaban J connectivity index is 1.82. The summed E-state index contributed by atoms with van der Waals surface area (Å²) in [4.78, 5) is 8.34. The predicted octanol–water partition coefficient (Wildman–Crippen LogP) is 1.19. The first-order valence-electron chi connectivity index (χ1n) is 8.93. The molecule has 0 saturated carbocycles. The molecule has 8 heteroatoms. The highest BCUT2D eigenvalue weighted by Gasteiger charge is 2.21. The van der Waals surface area contributed by atoms with Gasteiger partial charge in [-0.05, 0) is 39.2 Å². The molecule has 26 heavy (non-hydrogen) atoms. The molecule has 1 fully saturated rings. The van der Waals surface area contributed by atoms with E-state index in [0.717, 1.165) is 39.3 Å². The van der Waals surface area contributed by atoms with Crippen molar-refractivity contribution < 1.29 is 13.5 Å². The van der Waals surface area contributed by atoms with Crippen LogP contribution in [0.5, 0.6) is 0 Å². The van der Waals surface area contributed by atoms with E-state index in [2.05, 4.69) is 15.2 Å². The number of guanidine groups is 1. The van der Waals surface area contributed by atoms with E-state index in [4.69, 9.17) is 10.5 Å². The molecule has 1 heterocycles. The summed E-state index contributed by atoms with van der Waals surface area (Å²) in [6.45, 7) is 5.35. The molecule has 2 rings (SSSR count). The van der Waals surface area contributed by atoms with E-state index in [9.17, 15) is 8.78 Å². The Kier molecular flexibility index (Phi) is 8.21. The zero-order valence-electron chi connectivity index (χ0n) is 15.5. The lowest BCUT2D eigenvalue weighted by molar-refractivity contribution is 0.0376. The fourth-order valence-corrected chi connectivity index (χ4v) is 2.93. The molecule has 0 aromatic heterocycles. The maximum atomic E-state index is 14.0. The first-order chi connectivity index (χ1) is 12.5. The summed E-state index contributed by atoms with van der Waals surface area (Å²) in [6.07, 6.45) is 0.940. The zero-order chi connectivity index (χ0) is 18.9. The minimum absolute atomic E-state index is 0.0152. The molecule has 0 aliphatic carbocycles. The molecule has 146 valence electrons. The van der Waals surface area contributed by atoms with Gasteiger partial charge in [0.1, 0.15) is 11.6 Å². The number of nitrogens with two attached hydrogens (primary N) is 1. The molecule has 1 aliphatic rings. The maximum absolute atomic E-state index is 14.0. The monoisotopic (exact) mass is 369 g/mol. The van der Waals surface area contributed by atoms with Crippen molar-refractivity contribution in [2.75, 3.05) is 60.0 Å². The van der Waals surface area contributed by atoms with Gasteiger partial charge in [-0.1, -0.05) is 6.07 Å². The molecule has 0 bridgehead atoms. The number of nitrogens with zero attached hydrogens (tertiary/aromatic N) is 3. The van der Waals surface area contributed by atoms with E-state index in [1.54, 1.807) is 19.0 Å². The van der Waals surface area contributed by atoms with Gasteiger partial charge in [0.05, 0.1) is 25.8 Å². The number of likely N-dealkylation sites (N-methyl/N-ethyl adjacent to an activating group) is 1. The average molecular weight is 369 g/mol. The summed E-state index contributed by atoms with van der Waals surface area (Å²) in [6, 6.07) is 3.34. The quantitative estimate of drug-likeness (QED) is 0.409. The summed E-state index contributed by atoms with van der Waals surface area (Å²) in [5, 5.41) is 3.06. The summed E-state index contributed by atoms with van der Waals surface area (Å²) >= 11 is 0. The van der Waals surface area contributed by atoms with Gasteiger partial charge in [0, 0.05) is 25.2 Å². The number of halogens is 2. The van der Waals surface area contributed by atoms with Gasteiger partial charge in [0.2, 0.25) is 0 Å². The van der Waals surface area contributed by atoms with Crippen LogP contribution in [0.25, 0.3) is 0 Å². The fraction of sp³-hybridized carbons (Fsp3) is 0.611. The van der Waals surface area contributed by atoms with Gasteiger partial charge in [-0.25, -0.2) is 8.78 Å². The summed E-state index contributed by atoms with van der Waals surface area (Å²) in [5.74, 6) is -0.859. The van der Waals surface area contributed by atoms with Gasteiger partial charge in [-0.3, -0.25) is 9.89 Å². The van der Waals surface area contributed by atoms with Gasteiger partial charge < -0.3 is 20.7 Å². The van der Waals surface area contributed by atoms with Crippen molar-refractivity contribution in [1.82, 2.24) is 15.1 Å². The Morgan fingerprint density at radius 2 is 1.96 bits per heavy atom. The minimum atomic E-state index is -0.573. The smallest absolute Gasteiger partial charge is 0.188 e.